The van der Waals surface area contributed by atoms with Gasteiger partial charge in [-0.15, -0.1) is 11.3 Å². The van der Waals surface area contributed by atoms with Gasteiger partial charge >= 0.3 is 0 Å². The molecule has 0 aromatic carbocycles. The highest BCUT2D eigenvalue weighted by Crippen LogP contribution is 2.22. The highest BCUT2D eigenvalue weighted by atomic mass is 32.1. The first-order valence-electron chi connectivity index (χ1n) is 6.86. The van der Waals surface area contributed by atoms with Gasteiger partial charge in [0.25, 0.3) is 5.91 Å². The third-order valence-electron chi connectivity index (χ3n) is 3.07. The summed E-state index contributed by atoms with van der Waals surface area (Å²) in [6.07, 6.45) is 7.46. The van der Waals surface area contributed by atoms with E-state index in [-0.39, 0.29) is 5.91 Å². The zero-order chi connectivity index (χ0) is 15.2. The fourth-order valence-corrected chi connectivity index (χ4v) is 2.80. The Bertz CT molecular complexity index is 743. The molecule has 1 amide bonds. The summed E-state index contributed by atoms with van der Waals surface area (Å²) < 4.78 is 0. The molecule has 3 heterocycles. The second-order valence-corrected chi connectivity index (χ2v) is 5.49. The number of thiazole rings is 1. The summed E-state index contributed by atoms with van der Waals surface area (Å²) in [6.45, 7) is 0.553. The van der Waals surface area contributed by atoms with Crippen LogP contribution in [-0.2, 0) is 6.42 Å². The van der Waals surface area contributed by atoms with E-state index in [1.807, 2.05) is 17.5 Å². The van der Waals surface area contributed by atoms with Gasteiger partial charge in [-0.25, -0.2) is 4.98 Å². The first-order valence-corrected chi connectivity index (χ1v) is 7.74. The van der Waals surface area contributed by atoms with Gasteiger partial charge in [-0.2, -0.15) is 0 Å². The molecule has 5 nitrogen and oxygen atoms in total. The summed E-state index contributed by atoms with van der Waals surface area (Å²) in [5.41, 5.74) is 2.60. The Labute approximate surface area is 132 Å². The Kier molecular flexibility index (Phi) is 4.50. The van der Waals surface area contributed by atoms with Crippen molar-refractivity contribution in [1.29, 1.82) is 0 Å². The minimum atomic E-state index is -0.0925. The number of rotatable bonds is 5. The molecule has 0 unspecified atom stereocenters. The van der Waals surface area contributed by atoms with Crippen LogP contribution < -0.4 is 5.32 Å². The van der Waals surface area contributed by atoms with Gasteiger partial charge in [0.15, 0.2) is 0 Å². The Balaban J connectivity index is 1.55. The molecule has 0 saturated heterocycles. The topological polar surface area (TPSA) is 67.8 Å². The van der Waals surface area contributed by atoms with E-state index in [9.17, 15) is 4.79 Å². The molecule has 1 N–H and O–H groups in total. The molecule has 0 aliphatic carbocycles. The standard InChI is InChI=1S/C16H14N4OS/c21-15(12-3-7-17-8-4-12)19-9-5-14-11-22-16(20-14)13-2-1-6-18-10-13/h1-4,6-8,10-11H,5,9H2,(H,19,21). The monoisotopic (exact) mass is 310 g/mol. The number of nitrogens with zero attached hydrogens (tertiary/aromatic N) is 3. The lowest BCUT2D eigenvalue weighted by Crippen LogP contribution is -2.25. The maximum Gasteiger partial charge on any atom is 0.251 e. The normalized spacial score (nSPS) is 10.4. The fourth-order valence-electron chi connectivity index (χ4n) is 1.95. The van der Waals surface area contributed by atoms with E-state index in [0.29, 0.717) is 18.5 Å². The van der Waals surface area contributed by atoms with E-state index >= 15 is 0 Å². The summed E-state index contributed by atoms with van der Waals surface area (Å²) >= 11 is 1.59. The van der Waals surface area contributed by atoms with Crippen LogP contribution >= 0.6 is 11.3 Å². The molecule has 0 aliphatic heterocycles. The smallest absolute Gasteiger partial charge is 0.251 e. The number of nitrogens with one attached hydrogen (secondary N) is 1. The number of carbonyl (C=O) groups excluding carboxylic acids is 1. The highest BCUT2D eigenvalue weighted by molar-refractivity contribution is 7.13. The van der Waals surface area contributed by atoms with E-state index in [1.54, 1.807) is 48.3 Å². The Morgan fingerprint density at radius 2 is 2.00 bits per heavy atom. The van der Waals surface area contributed by atoms with Crippen LogP contribution in [0.2, 0.25) is 0 Å². The van der Waals surface area contributed by atoms with Crippen LogP contribution in [0.5, 0.6) is 0 Å². The van der Waals surface area contributed by atoms with Crippen molar-refractivity contribution in [2.75, 3.05) is 6.54 Å². The Morgan fingerprint density at radius 3 is 2.77 bits per heavy atom. The zero-order valence-electron chi connectivity index (χ0n) is 11.8. The van der Waals surface area contributed by atoms with Gasteiger partial charge in [-0.3, -0.25) is 14.8 Å². The highest BCUT2D eigenvalue weighted by Gasteiger charge is 2.07. The number of hydrogen-bond acceptors (Lipinski definition) is 5. The van der Waals surface area contributed by atoms with Crippen LogP contribution in [-0.4, -0.2) is 27.4 Å². The van der Waals surface area contributed by atoms with E-state index in [0.717, 1.165) is 16.3 Å². The Morgan fingerprint density at radius 1 is 1.14 bits per heavy atom. The number of hydrogen-bond donors (Lipinski definition) is 1. The maximum atomic E-state index is 11.9. The third-order valence-corrected chi connectivity index (χ3v) is 4.01. The average Bonchev–Trinajstić information content (AvgIpc) is 3.05. The van der Waals surface area contributed by atoms with E-state index in [1.165, 1.54) is 0 Å². The zero-order valence-corrected chi connectivity index (χ0v) is 12.6. The first kappa shape index (κ1) is 14.3. The Hall–Kier alpha value is -2.60. The summed E-state index contributed by atoms with van der Waals surface area (Å²) in [5, 5.41) is 5.84. The van der Waals surface area contributed by atoms with Gasteiger partial charge in [0.2, 0.25) is 0 Å². The van der Waals surface area contributed by atoms with Crippen LogP contribution in [0.4, 0.5) is 0 Å². The van der Waals surface area contributed by atoms with Crippen molar-refractivity contribution in [1.82, 2.24) is 20.3 Å². The lowest BCUT2D eigenvalue weighted by atomic mass is 10.2. The molecule has 3 rings (SSSR count). The summed E-state index contributed by atoms with van der Waals surface area (Å²) in [7, 11) is 0. The molecular weight excluding hydrogens is 296 g/mol. The number of pyridine rings is 2. The fraction of sp³-hybridized carbons (Fsp3) is 0.125. The van der Waals surface area contributed by atoms with Crippen LogP contribution in [0.3, 0.4) is 0 Å². The van der Waals surface area contributed by atoms with Gasteiger partial charge < -0.3 is 5.32 Å². The molecule has 0 atom stereocenters. The van der Waals surface area contributed by atoms with Crippen LogP contribution in [0, 0.1) is 0 Å². The lowest BCUT2D eigenvalue weighted by Gasteiger charge is -2.03. The van der Waals surface area contributed by atoms with Crippen molar-refractivity contribution >= 4 is 17.2 Å². The van der Waals surface area contributed by atoms with Crippen molar-refractivity contribution < 1.29 is 4.79 Å². The molecule has 6 heteroatoms. The van der Waals surface area contributed by atoms with Gasteiger partial charge in [0.05, 0.1) is 5.69 Å². The number of amides is 1. The molecule has 3 aromatic rings. The molecule has 3 aromatic heterocycles. The molecule has 0 spiro atoms. The van der Waals surface area contributed by atoms with Crippen molar-refractivity contribution in [3.8, 4) is 10.6 Å². The molecule has 0 bridgehead atoms. The van der Waals surface area contributed by atoms with E-state index in [2.05, 4.69) is 20.3 Å². The molecule has 0 aliphatic rings. The maximum absolute atomic E-state index is 11.9. The predicted molar refractivity (Wildman–Crippen MR) is 85.6 cm³/mol. The molecule has 0 fully saturated rings. The molecule has 22 heavy (non-hydrogen) atoms. The van der Waals surface area contributed by atoms with Crippen molar-refractivity contribution in [3.05, 3.63) is 65.7 Å². The minimum Gasteiger partial charge on any atom is -0.352 e. The number of carbonyl (C=O) groups is 1. The van der Waals surface area contributed by atoms with E-state index in [4.69, 9.17) is 0 Å². The predicted octanol–water partition coefficient (Wildman–Crippen LogP) is 2.57. The van der Waals surface area contributed by atoms with E-state index < -0.39 is 0 Å². The van der Waals surface area contributed by atoms with Crippen LogP contribution in [0.15, 0.2) is 54.4 Å². The van der Waals surface area contributed by atoms with Gasteiger partial charge in [-0.1, -0.05) is 0 Å². The lowest BCUT2D eigenvalue weighted by molar-refractivity contribution is 0.0954. The van der Waals surface area contributed by atoms with Gasteiger partial charge in [0, 0.05) is 54.3 Å². The molecular formula is C16H14N4OS. The average molecular weight is 310 g/mol. The van der Waals surface area contributed by atoms with Crippen LogP contribution in [0.1, 0.15) is 16.1 Å². The third kappa shape index (κ3) is 3.53. The number of aromatic nitrogens is 3. The summed E-state index contributed by atoms with van der Waals surface area (Å²) in [6, 6.07) is 7.27. The first-order chi connectivity index (χ1) is 10.8. The summed E-state index contributed by atoms with van der Waals surface area (Å²) in [4.78, 5) is 24.5. The second kappa shape index (κ2) is 6.91. The molecule has 110 valence electrons. The van der Waals surface area contributed by atoms with Crippen LogP contribution in [0.25, 0.3) is 10.6 Å². The second-order valence-electron chi connectivity index (χ2n) is 4.63. The summed E-state index contributed by atoms with van der Waals surface area (Å²) in [5.74, 6) is -0.0925. The SMILES string of the molecule is O=C(NCCc1csc(-c2cccnc2)n1)c1ccncc1. The van der Waals surface area contributed by atoms with Crippen molar-refractivity contribution in [3.63, 3.8) is 0 Å². The van der Waals surface area contributed by atoms with Gasteiger partial charge in [-0.05, 0) is 24.3 Å². The quantitative estimate of drug-likeness (QED) is 0.786. The minimum absolute atomic E-state index is 0.0925. The molecule has 0 radical (unpaired) electrons. The van der Waals surface area contributed by atoms with Crippen molar-refractivity contribution in [2.45, 2.75) is 6.42 Å². The largest absolute Gasteiger partial charge is 0.352 e. The van der Waals surface area contributed by atoms with Crippen molar-refractivity contribution in [2.24, 2.45) is 0 Å². The molecule has 0 saturated carbocycles. The van der Waals surface area contributed by atoms with Gasteiger partial charge in [0.1, 0.15) is 5.01 Å².